The minimum Gasteiger partial charge on any atom is -0.438 e. The summed E-state index contributed by atoms with van der Waals surface area (Å²) in [7, 11) is 0. The summed E-state index contributed by atoms with van der Waals surface area (Å²) in [5.41, 5.74) is 3.52. The molecule has 1 N–H and O–H groups in total. The minimum atomic E-state index is -0.140. The Morgan fingerprint density at radius 3 is 2.57 bits per heavy atom. The number of carbonyl (C=O) groups excluding carboxylic acids is 1. The van der Waals surface area contributed by atoms with E-state index in [1.54, 1.807) is 17.4 Å². The topological polar surface area (TPSA) is 64.1 Å². The molecule has 2 aromatic heterocycles. The summed E-state index contributed by atoms with van der Waals surface area (Å²) >= 11 is 1.63. The number of hydrogen-bond acceptors (Lipinski definition) is 5. The maximum Gasteiger partial charge on any atom is 0.255 e. The highest BCUT2D eigenvalue weighted by Crippen LogP contribution is 2.35. The molecule has 0 aliphatic carbocycles. The summed E-state index contributed by atoms with van der Waals surface area (Å²) in [5.74, 6) is 1.06. The van der Waals surface area contributed by atoms with Gasteiger partial charge in [0.15, 0.2) is 0 Å². The summed E-state index contributed by atoms with van der Waals surface area (Å²) < 4.78 is 5.99. The predicted molar refractivity (Wildman–Crippen MR) is 113 cm³/mol. The lowest BCUT2D eigenvalue weighted by molar-refractivity contribution is 0.102. The van der Waals surface area contributed by atoms with Crippen molar-refractivity contribution in [1.29, 1.82) is 0 Å². The smallest absolute Gasteiger partial charge is 0.255 e. The van der Waals surface area contributed by atoms with Crippen LogP contribution in [0.3, 0.4) is 0 Å². The van der Waals surface area contributed by atoms with Gasteiger partial charge in [-0.15, -0.1) is 11.3 Å². The van der Waals surface area contributed by atoms with Crippen LogP contribution in [0.1, 0.15) is 26.4 Å². The number of hydrogen-bond donors (Lipinski definition) is 1. The fourth-order valence-corrected chi connectivity index (χ4v) is 3.92. The average molecular weight is 389 g/mol. The second kappa shape index (κ2) is 7.40. The Balaban J connectivity index is 1.52. The summed E-state index contributed by atoms with van der Waals surface area (Å²) in [5, 5.41) is 3.85. The van der Waals surface area contributed by atoms with Crippen LogP contribution in [0.15, 0.2) is 54.9 Å². The predicted octanol–water partition coefficient (Wildman–Crippen LogP) is 5.66. The summed E-state index contributed by atoms with van der Waals surface area (Å²) in [6.07, 6.45) is 1.52. The van der Waals surface area contributed by atoms with Gasteiger partial charge in [-0.05, 0) is 62.7 Å². The van der Waals surface area contributed by atoms with Crippen molar-refractivity contribution in [2.75, 3.05) is 5.32 Å². The van der Waals surface area contributed by atoms with E-state index in [0.717, 1.165) is 21.3 Å². The van der Waals surface area contributed by atoms with Gasteiger partial charge in [0, 0.05) is 16.1 Å². The van der Waals surface area contributed by atoms with Gasteiger partial charge in [0.05, 0.1) is 5.39 Å². The maximum atomic E-state index is 12.4. The van der Waals surface area contributed by atoms with Crippen molar-refractivity contribution in [3.8, 4) is 11.6 Å². The van der Waals surface area contributed by atoms with Gasteiger partial charge in [-0.3, -0.25) is 4.79 Å². The van der Waals surface area contributed by atoms with Gasteiger partial charge in [-0.1, -0.05) is 17.7 Å². The van der Waals surface area contributed by atoms with Crippen LogP contribution in [0.2, 0.25) is 0 Å². The number of nitrogens with one attached hydrogen (secondary N) is 1. The molecule has 0 aliphatic rings. The van der Waals surface area contributed by atoms with Crippen molar-refractivity contribution in [3.63, 3.8) is 0 Å². The van der Waals surface area contributed by atoms with Crippen LogP contribution in [0.5, 0.6) is 11.6 Å². The third-order valence-corrected chi connectivity index (χ3v) is 5.65. The summed E-state index contributed by atoms with van der Waals surface area (Å²) in [6.45, 7) is 6.08. The Morgan fingerprint density at radius 2 is 1.82 bits per heavy atom. The third kappa shape index (κ3) is 3.59. The van der Waals surface area contributed by atoms with Gasteiger partial charge in [-0.2, -0.15) is 0 Å². The number of ether oxygens (including phenoxy) is 1. The van der Waals surface area contributed by atoms with E-state index in [9.17, 15) is 4.79 Å². The molecule has 0 fully saturated rings. The van der Waals surface area contributed by atoms with E-state index in [-0.39, 0.29) is 5.91 Å². The van der Waals surface area contributed by atoms with Gasteiger partial charge < -0.3 is 10.1 Å². The van der Waals surface area contributed by atoms with E-state index in [1.165, 1.54) is 11.2 Å². The number of benzene rings is 2. The van der Waals surface area contributed by atoms with E-state index >= 15 is 0 Å². The van der Waals surface area contributed by atoms with E-state index in [0.29, 0.717) is 22.9 Å². The van der Waals surface area contributed by atoms with Crippen molar-refractivity contribution in [2.24, 2.45) is 0 Å². The Labute approximate surface area is 167 Å². The number of aryl methyl sites for hydroxylation is 3. The highest BCUT2D eigenvalue weighted by Gasteiger charge is 2.14. The highest BCUT2D eigenvalue weighted by molar-refractivity contribution is 7.18. The molecule has 0 bridgehead atoms. The zero-order valence-electron chi connectivity index (χ0n) is 15.8. The first-order valence-corrected chi connectivity index (χ1v) is 9.69. The van der Waals surface area contributed by atoms with Gasteiger partial charge in [0.25, 0.3) is 5.91 Å². The van der Waals surface area contributed by atoms with Crippen LogP contribution in [0.4, 0.5) is 5.69 Å². The fraction of sp³-hybridized carbons (Fsp3) is 0.136. The fourth-order valence-electron chi connectivity index (χ4n) is 2.93. The van der Waals surface area contributed by atoms with Gasteiger partial charge >= 0.3 is 0 Å². The van der Waals surface area contributed by atoms with Crippen LogP contribution >= 0.6 is 11.3 Å². The Bertz CT molecular complexity index is 1170. The largest absolute Gasteiger partial charge is 0.438 e. The molecule has 4 aromatic rings. The lowest BCUT2D eigenvalue weighted by Gasteiger charge is -2.09. The lowest BCUT2D eigenvalue weighted by atomic mass is 10.1. The number of fused-ring (bicyclic) bond motifs is 1. The molecule has 2 aromatic carbocycles. The number of anilines is 1. The molecule has 4 rings (SSSR count). The minimum absolute atomic E-state index is 0.140. The number of rotatable bonds is 4. The molecule has 28 heavy (non-hydrogen) atoms. The second-order valence-electron chi connectivity index (χ2n) is 6.59. The van der Waals surface area contributed by atoms with Crippen LogP contribution < -0.4 is 10.1 Å². The molecule has 0 unspecified atom stereocenters. The number of aromatic nitrogens is 2. The van der Waals surface area contributed by atoms with Gasteiger partial charge in [0.2, 0.25) is 5.88 Å². The molecule has 5 nitrogen and oxygen atoms in total. The Morgan fingerprint density at radius 1 is 1.04 bits per heavy atom. The first-order valence-electron chi connectivity index (χ1n) is 8.88. The first-order chi connectivity index (χ1) is 13.5. The zero-order chi connectivity index (χ0) is 19.7. The molecule has 140 valence electrons. The maximum absolute atomic E-state index is 12.4. The van der Waals surface area contributed by atoms with Crippen molar-refractivity contribution in [3.05, 3.63) is 76.4 Å². The van der Waals surface area contributed by atoms with Crippen molar-refractivity contribution < 1.29 is 9.53 Å². The molecule has 0 spiro atoms. The molecular weight excluding hydrogens is 370 g/mol. The number of amides is 1. The molecule has 1 amide bonds. The van der Waals surface area contributed by atoms with E-state index in [1.807, 2.05) is 56.3 Å². The molecule has 0 radical (unpaired) electrons. The van der Waals surface area contributed by atoms with E-state index in [4.69, 9.17) is 4.74 Å². The molecule has 0 aliphatic heterocycles. The zero-order valence-corrected chi connectivity index (χ0v) is 16.6. The Hall–Kier alpha value is -3.25. The van der Waals surface area contributed by atoms with Gasteiger partial charge in [-0.25, -0.2) is 9.97 Å². The van der Waals surface area contributed by atoms with Crippen molar-refractivity contribution >= 4 is 33.1 Å². The summed E-state index contributed by atoms with van der Waals surface area (Å²) in [6, 6.07) is 14.7. The van der Waals surface area contributed by atoms with Crippen LogP contribution in [-0.2, 0) is 0 Å². The first kappa shape index (κ1) is 18.1. The average Bonchev–Trinajstić information content (AvgIpc) is 2.98. The number of carbonyl (C=O) groups is 1. The SMILES string of the molecule is Cc1cccc(C(=O)Nc2ccc(Oc3ncnc4sc(C)c(C)c34)cc2)c1. The molecule has 0 atom stereocenters. The van der Waals surface area contributed by atoms with Crippen LogP contribution in [0, 0.1) is 20.8 Å². The lowest BCUT2D eigenvalue weighted by Crippen LogP contribution is -2.11. The van der Waals surface area contributed by atoms with Crippen LogP contribution in [0.25, 0.3) is 10.2 Å². The van der Waals surface area contributed by atoms with Crippen molar-refractivity contribution in [1.82, 2.24) is 9.97 Å². The molecule has 0 saturated heterocycles. The third-order valence-electron chi connectivity index (χ3n) is 4.54. The van der Waals surface area contributed by atoms with Crippen molar-refractivity contribution in [2.45, 2.75) is 20.8 Å². The normalized spacial score (nSPS) is 10.8. The molecule has 2 heterocycles. The monoisotopic (exact) mass is 389 g/mol. The molecule has 6 heteroatoms. The second-order valence-corrected chi connectivity index (χ2v) is 7.80. The molecular formula is C22H19N3O2S. The quantitative estimate of drug-likeness (QED) is 0.489. The number of nitrogens with zero attached hydrogens (tertiary/aromatic N) is 2. The standard InChI is InChI=1S/C22H19N3O2S/c1-13-5-4-6-16(11-13)20(26)25-17-7-9-18(10-8-17)27-21-19-14(2)15(3)28-22(19)24-12-23-21/h4-12H,1-3H3,(H,25,26). The van der Waals surface area contributed by atoms with E-state index in [2.05, 4.69) is 22.2 Å². The summed E-state index contributed by atoms with van der Waals surface area (Å²) in [4.78, 5) is 23.1. The van der Waals surface area contributed by atoms with Crippen LogP contribution in [-0.4, -0.2) is 15.9 Å². The number of thiophene rings is 1. The molecule has 0 saturated carbocycles. The Kier molecular flexibility index (Phi) is 4.79. The van der Waals surface area contributed by atoms with E-state index < -0.39 is 0 Å². The van der Waals surface area contributed by atoms with Gasteiger partial charge in [0.1, 0.15) is 16.9 Å². The highest BCUT2D eigenvalue weighted by atomic mass is 32.1.